The number of hydrogen-bond donors (Lipinski definition) is 1. The third kappa shape index (κ3) is 7.97. The van der Waals surface area contributed by atoms with E-state index in [1.54, 1.807) is 23.2 Å². The predicted octanol–water partition coefficient (Wildman–Crippen LogP) is 6.22. The molecule has 0 aliphatic carbocycles. The van der Waals surface area contributed by atoms with E-state index in [1.165, 1.54) is 12.3 Å². The van der Waals surface area contributed by atoms with Gasteiger partial charge < -0.3 is 44.9 Å². The van der Waals surface area contributed by atoms with Crippen molar-refractivity contribution in [3.05, 3.63) is 46.8 Å². The van der Waals surface area contributed by atoms with E-state index in [-0.39, 0.29) is 64.8 Å². The summed E-state index contributed by atoms with van der Waals surface area (Å²) in [5, 5.41) is 10.8. The second-order valence-corrected chi connectivity index (χ2v) is 18.7. The van der Waals surface area contributed by atoms with E-state index in [0.717, 1.165) is 57.1 Å². The number of hydrogen-bond acceptors (Lipinski definition) is 11. The van der Waals surface area contributed by atoms with Gasteiger partial charge in [-0.3, -0.25) is 9.59 Å². The minimum atomic E-state index is -0.554. The van der Waals surface area contributed by atoms with Crippen molar-refractivity contribution < 1.29 is 33.6 Å². The van der Waals surface area contributed by atoms with Crippen molar-refractivity contribution in [2.24, 2.45) is 10.8 Å². The fourth-order valence-electron chi connectivity index (χ4n) is 10.1. The molecule has 2 aromatic rings. The van der Waals surface area contributed by atoms with Gasteiger partial charge in [0.2, 0.25) is 11.8 Å². The number of carbonyl (C=O) groups excluding carboxylic acids is 4. The average molecular weight is 775 g/mol. The van der Waals surface area contributed by atoms with Gasteiger partial charge in [0.05, 0.1) is 17.6 Å². The number of amides is 4. The number of nitrogens with two attached hydrogens (primary N) is 1. The zero-order valence-electron chi connectivity index (χ0n) is 33.2. The summed E-state index contributed by atoms with van der Waals surface area (Å²) in [4.78, 5) is 76.4. The summed E-state index contributed by atoms with van der Waals surface area (Å²) in [7, 11) is 0. The molecule has 6 saturated heterocycles. The Balaban J connectivity index is 0.000000172. The van der Waals surface area contributed by atoms with E-state index in [4.69, 9.17) is 15.2 Å². The zero-order valence-corrected chi connectivity index (χ0v) is 33.2. The number of fused-ring (bicyclic) bond motifs is 4. The maximum Gasteiger partial charge on any atom is 0.410 e. The highest BCUT2D eigenvalue weighted by Crippen LogP contribution is 2.53. The van der Waals surface area contributed by atoms with Crippen molar-refractivity contribution in [1.82, 2.24) is 19.8 Å². The Morgan fingerprint density at radius 3 is 1.43 bits per heavy atom. The lowest BCUT2D eigenvalue weighted by molar-refractivity contribution is -0.389. The summed E-state index contributed by atoms with van der Waals surface area (Å²) in [6.07, 6.45) is 10.6. The van der Waals surface area contributed by atoms with Crippen molar-refractivity contribution in [2.75, 3.05) is 28.6 Å². The van der Waals surface area contributed by atoms with Crippen LogP contribution in [-0.4, -0.2) is 97.2 Å². The number of ether oxygens (including phenoxy) is 2. The van der Waals surface area contributed by atoms with E-state index < -0.39 is 16.1 Å². The smallest absolute Gasteiger partial charge is 0.410 e. The number of nitrogen functional groups attached to an aromatic ring is 1. The minimum Gasteiger partial charge on any atom is -0.444 e. The molecule has 4 atom stereocenters. The molecule has 0 aromatic carbocycles. The predicted molar refractivity (Wildman–Crippen MR) is 207 cm³/mol. The van der Waals surface area contributed by atoms with Gasteiger partial charge in [-0.05, 0) is 121 Å². The maximum absolute atomic E-state index is 12.8. The van der Waals surface area contributed by atoms with Gasteiger partial charge in [0.1, 0.15) is 17.0 Å². The third-order valence-electron chi connectivity index (χ3n) is 12.1. The molecule has 302 valence electrons. The van der Waals surface area contributed by atoms with Crippen molar-refractivity contribution in [2.45, 2.75) is 141 Å². The van der Waals surface area contributed by atoms with Crippen LogP contribution in [0.4, 0.5) is 32.6 Å². The molecule has 6 aliphatic rings. The Bertz CT molecular complexity index is 1850. The molecule has 16 heteroatoms. The lowest BCUT2D eigenvalue weighted by atomic mass is 9.74. The van der Waals surface area contributed by atoms with E-state index in [2.05, 4.69) is 9.97 Å². The van der Waals surface area contributed by atoms with Crippen LogP contribution in [0.15, 0.2) is 36.7 Å². The Kier molecular flexibility index (Phi) is 9.93. The fourth-order valence-corrected chi connectivity index (χ4v) is 10.1. The molecule has 4 amide bonds. The molecule has 0 saturated carbocycles. The van der Waals surface area contributed by atoms with Crippen molar-refractivity contribution >= 4 is 47.0 Å². The van der Waals surface area contributed by atoms with Gasteiger partial charge in [0.15, 0.2) is 6.20 Å². The highest BCUT2D eigenvalue weighted by molar-refractivity contribution is 5.97. The molecule has 4 unspecified atom stereocenters. The topological polar surface area (TPSA) is 195 Å². The second kappa shape index (κ2) is 14.2. The largest absolute Gasteiger partial charge is 0.444 e. The SMILES string of the molecule is CC(C)(C)OC(=O)N1C2CCC1CC1(CC(=O)N(c3ccc(N)nc3)C1)C2.CC(C)(C)OC(=O)N1C2CCC1CC1(CC(=O)N(c3ccc([N+](=O)[O-])nc3)C1)C2. The van der Waals surface area contributed by atoms with Crippen molar-refractivity contribution in [3.63, 3.8) is 0 Å². The monoisotopic (exact) mass is 774 g/mol. The number of carbonyl (C=O) groups is 4. The van der Waals surface area contributed by atoms with Gasteiger partial charge in [-0.25, -0.2) is 14.6 Å². The Hall–Kier alpha value is -5.02. The van der Waals surface area contributed by atoms with Gasteiger partial charge in [0.25, 0.3) is 0 Å². The molecule has 2 N–H and O–H groups in total. The first-order chi connectivity index (χ1) is 26.2. The maximum atomic E-state index is 12.8. The molecular weight excluding hydrogens is 720 g/mol. The summed E-state index contributed by atoms with van der Waals surface area (Å²) in [6, 6.07) is 6.98. The molecular formula is C40H54N8O8. The molecule has 16 nitrogen and oxygen atoms in total. The molecule has 8 rings (SSSR count). The van der Waals surface area contributed by atoms with Crippen LogP contribution < -0.4 is 15.5 Å². The number of pyridine rings is 2. The van der Waals surface area contributed by atoms with Gasteiger partial charge in [-0.15, -0.1) is 0 Å². The second-order valence-electron chi connectivity index (χ2n) is 18.7. The lowest BCUT2D eigenvalue weighted by Crippen LogP contribution is -2.52. The van der Waals surface area contributed by atoms with E-state index >= 15 is 0 Å². The molecule has 2 aromatic heterocycles. The van der Waals surface area contributed by atoms with E-state index in [9.17, 15) is 29.3 Å². The molecule has 4 bridgehead atoms. The van der Waals surface area contributed by atoms with Gasteiger partial charge in [-0.1, -0.05) is 0 Å². The molecule has 0 radical (unpaired) electrons. The van der Waals surface area contributed by atoms with Crippen LogP contribution in [0.5, 0.6) is 0 Å². The average Bonchev–Trinajstić information content (AvgIpc) is 3.77. The summed E-state index contributed by atoms with van der Waals surface area (Å²) in [5.74, 6) is 0.347. The summed E-state index contributed by atoms with van der Waals surface area (Å²) in [6.45, 7) is 12.5. The molecule has 6 aliphatic heterocycles. The Morgan fingerprint density at radius 2 is 1.11 bits per heavy atom. The summed E-state index contributed by atoms with van der Waals surface area (Å²) in [5.41, 5.74) is 5.78. The van der Waals surface area contributed by atoms with Gasteiger partial charge in [-0.2, -0.15) is 0 Å². The zero-order chi connectivity index (χ0) is 40.4. The quantitative estimate of drug-likeness (QED) is 0.275. The molecule has 6 fully saturated rings. The number of piperidine rings is 2. The van der Waals surface area contributed by atoms with E-state index in [1.807, 2.05) is 62.3 Å². The Labute approximate surface area is 327 Å². The van der Waals surface area contributed by atoms with Crippen molar-refractivity contribution in [1.29, 1.82) is 0 Å². The third-order valence-corrected chi connectivity index (χ3v) is 12.1. The first kappa shape index (κ1) is 39.2. The van der Waals surface area contributed by atoms with Gasteiger partial charge >= 0.3 is 18.0 Å². The highest BCUT2D eigenvalue weighted by atomic mass is 16.6. The number of rotatable bonds is 3. The van der Waals surface area contributed by atoms with Crippen LogP contribution in [0.3, 0.4) is 0 Å². The first-order valence-corrected chi connectivity index (χ1v) is 19.7. The van der Waals surface area contributed by atoms with Crippen LogP contribution in [0.25, 0.3) is 0 Å². The lowest BCUT2D eigenvalue weighted by Gasteiger charge is -2.44. The molecule has 56 heavy (non-hydrogen) atoms. The number of anilines is 3. The van der Waals surface area contributed by atoms with Gasteiger partial charge in [0, 0.05) is 67.0 Å². The van der Waals surface area contributed by atoms with Crippen LogP contribution in [0.2, 0.25) is 0 Å². The molecule has 2 spiro atoms. The fraction of sp³-hybridized carbons (Fsp3) is 0.650. The normalized spacial score (nSPS) is 29.5. The Morgan fingerprint density at radius 1 is 0.714 bits per heavy atom. The number of aromatic nitrogens is 2. The highest BCUT2D eigenvalue weighted by Gasteiger charge is 2.57. The van der Waals surface area contributed by atoms with Crippen LogP contribution in [-0.2, 0) is 19.1 Å². The number of nitro groups is 1. The van der Waals surface area contributed by atoms with Crippen LogP contribution in [0, 0.1) is 20.9 Å². The first-order valence-electron chi connectivity index (χ1n) is 19.7. The van der Waals surface area contributed by atoms with E-state index in [0.29, 0.717) is 37.4 Å². The summed E-state index contributed by atoms with van der Waals surface area (Å²) >= 11 is 0. The molecule has 8 heterocycles. The van der Waals surface area contributed by atoms with Crippen molar-refractivity contribution in [3.8, 4) is 0 Å². The van der Waals surface area contributed by atoms with Crippen LogP contribution in [0.1, 0.15) is 106 Å². The summed E-state index contributed by atoms with van der Waals surface area (Å²) < 4.78 is 11.2. The number of nitrogens with zero attached hydrogens (tertiary/aromatic N) is 7. The van der Waals surface area contributed by atoms with Crippen LogP contribution >= 0.6 is 0 Å². The minimum absolute atomic E-state index is 0.00534. The standard InChI is InChI=1S/C20H26N4O5.C20H28N4O3/c1-19(2,3)29-18(26)23-13-4-5-14(23)9-20(8-13)10-17(25)22(12-20)15-6-7-16(21-11-15)24(27)28;1-19(2,3)27-18(26)24-13-4-5-14(24)9-20(8-13)10-17(25)23(12-20)15-6-7-16(21)22-11-15/h6-7,11,13-14H,4-5,8-10,12H2,1-3H3;6-7,11,13-14H,4-5,8-10,12H2,1-3H3,(H2,21,22).